The molecule has 11 heavy (non-hydrogen) atoms. The molecule has 0 saturated carbocycles. The molecule has 0 spiro atoms. The molecule has 3 nitrogen and oxygen atoms in total. The average Bonchev–Trinajstić information content (AvgIpc) is 1.83. The first-order valence-corrected chi connectivity index (χ1v) is 3.62. The van der Waals surface area contributed by atoms with Gasteiger partial charge >= 0.3 is 0 Å². The highest BCUT2D eigenvalue weighted by atomic mass is 15.2. The third-order valence-corrected chi connectivity index (χ3v) is 0.874. The standard InChI is InChI=1S/C8H15N3/c1-7(2,3)10-11-8(4,5)6-9/h1-5H3. The van der Waals surface area contributed by atoms with Crippen LogP contribution in [0.5, 0.6) is 0 Å². The van der Waals surface area contributed by atoms with E-state index in [1.54, 1.807) is 13.8 Å². The molecule has 0 atom stereocenters. The van der Waals surface area contributed by atoms with Gasteiger partial charge in [0, 0.05) is 0 Å². The van der Waals surface area contributed by atoms with E-state index in [1.165, 1.54) is 0 Å². The quantitative estimate of drug-likeness (QED) is 0.534. The number of nitriles is 1. The zero-order chi connectivity index (χ0) is 9.12. The summed E-state index contributed by atoms with van der Waals surface area (Å²) in [6.45, 7) is 9.32. The van der Waals surface area contributed by atoms with Crippen LogP contribution in [-0.4, -0.2) is 11.1 Å². The molecule has 62 valence electrons. The molecule has 0 saturated heterocycles. The monoisotopic (exact) mass is 153 g/mol. The zero-order valence-electron chi connectivity index (χ0n) is 7.84. The van der Waals surface area contributed by atoms with Gasteiger partial charge in [-0.3, -0.25) is 0 Å². The second-order valence-corrected chi connectivity index (χ2v) is 4.04. The van der Waals surface area contributed by atoms with Crippen LogP contribution >= 0.6 is 0 Å². The molecular weight excluding hydrogens is 138 g/mol. The molecular formula is C8H15N3. The van der Waals surface area contributed by atoms with Crippen LogP contribution in [0.3, 0.4) is 0 Å². The first-order valence-electron chi connectivity index (χ1n) is 3.62. The summed E-state index contributed by atoms with van der Waals surface area (Å²) in [6.07, 6.45) is 0. The van der Waals surface area contributed by atoms with E-state index in [4.69, 9.17) is 5.26 Å². The molecule has 0 aromatic heterocycles. The first-order chi connectivity index (χ1) is 4.77. The van der Waals surface area contributed by atoms with Crippen molar-refractivity contribution in [2.45, 2.75) is 45.7 Å². The van der Waals surface area contributed by atoms with Gasteiger partial charge < -0.3 is 0 Å². The van der Waals surface area contributed by atoms with Crippen molar-refractivity contribution in [3.05, 3.63) is 0 Å². The lowest BCUT2D eigenvalue weighted by Gasteiger charge is -2.13. The molecule has 0 aromatic carbocycles. The maximum Gasteiger partial charge on any atom is 0.161 e. The van der Waals surface area contributed by atoms with Crippen LogP contribution in [0.1, 0.15) is 34.6 Å². The Balaban J connectivity index is 4.28. The van der Waals surface area contributed by atoms with Crippen LogP contribution in [0.4, 0.5) is 0 Å². The predicted molar refractivity (Wildman–Crippen MR) is 44.3 cm³/mol. The molecule has 0 aliphatic heterocycles. The van der Waals surface area contributed by atoms with Gasteiger partial charge in [0.1, 0.15) is 0 Å². The Morgan fingerprint density at radius 1 is 1.00 bits per heavy atom. The molecule has 0 heterocycles. The Kier molecular flexibility index (Phi) is 2.75. The molecule has 0 bridgehead atoms. The fourth-order valence-electron chi connectivity index (χ4n) is 0.297. The van der Waals surface area contributed by atoms with Gasteiger partial charge in [0.25, 0.3) is 0 Å². The van der Waals surface area contributed by atoms with Crippen molar-refractivity contribution in [1.29, 1.82) is 5.26 Å². The van der Waals surface area contributed by atoms with Gasteiger partial charge in [0.05, 0.1) is 11.6 Å². The highest BCUT2D eigenvalue weighted by Gasteiger charge is 2.16. The van der Waals surface area contributed by atoms with E-state index in [0.29, 0.717) is 0 Å². The van der Waals surface area contributed by atoms with E-state index < -0.39 is 5.54 Å². The summed E-state index contributed by atoms with van der Waals surface area (Å²) < 4.78 is 0. The lowest BCUT2D eigenvalue weighted by Crippen LogP contribution is -2.16. The minimum absolute atomic E-state index is 0.186. The summed E-state index contributed by atoms with van der Waals surface area (Å²) in [4.78, 5) is 0. The van der Waals surface area contributed by atoms with Crippen LogP contribution in [0, 0.1) is 11.3 Å². The number of azo groups is 1. The molecule has 0 rings (SSSR count). The van der Waals surface area contributed by atoms with E-state index in [-0.39, 0.29) is 5.54 Å². The van der Waals surface area contributed by atoms with Crippen molar-refractivity contribution < 1.29 is 0 Å². The molecule has 0 unspecified atom stereocenters. The van der Waals surface area contributed by atoms with Gasteiger partial charge in [-0.05, 0) is 34.6 Å². The topological polar surface area (TPSA) is 48.5 Å². The van der Waals surface area contributed by atoms with E-state index in [9.17, 15) is 0 Å². The van der Waals surface area contributed by atoms with Crippen molar-refractivity contribution in [1.82, 2.24) is 0 Å². The maximum absolute atomic E-state index is 8.59. The van der Waals surface area contributed by atoms with Gasteiger partial charge in [-0.2, -0.15) is 15.5 Å². The summed E-state index contributed by atoms with van der Waals surface area (Å²) in [5.74, 6) is 0. The van der Waals surface area contributed by atoms with Gasteiger partial charge in [0.2, 0.25) is 0 Å². The van der Waals surface area contributed by atoms with E-state index in [0.717, 1.165) is 0 Å². The first kappa shape index (κ1) is 10.1. The minimum Gasteiger partial charge on any atom is -0.196 e. The molecule has 0 radical (unpaired) electrons. The third-order valence-electron chi connectivity index (χ3n) is 0.874. The van der Waals surface area contributed by atoms with E-state index in [1.807, 2.05) is 20.8 Å². The minimum atomic E-state index is -0.687. The Bertz CT molecular complexity index is 190. The van der Waals surface area contributed by atoms with E-state index >= 15 is 0 Å². The second kappa shape index (κ2) is 3.00. The van der Waals surface area contributed by atoms with Gasteiger partial charge in [-0.1, -0.05) is 0 Å². The van der Waals surface area contributed by atoms with Crippen molar-refractivity contribution in [2.24, 2.45) is 10.2 Å². The molecule has 3 heteroatoms. The SMILES string of the molecule is CC(C)(C)N=NC(C)(C)C#N. The average molecular weight is 153 g/mol. The normalized spacial score (nSPS) is 13.5. The van der Waals surface area contributed by atoms with Gasteiger partial charge in [-0.25, -0.2) is 0 Å². The van der Waals surface area contributed by atoms with Crippen LogP contribution in [-0.2, 0) is 0 Å². The smallest absolute Gasteiger partial charge is 0.161 e. The Labute approximate surface area is 68.1 Å². The third kappa shape index (κ3) is 5.53. The van der Waals surface area contributed by atoms with Crippen molar-refractivity contribution >= 4 is 0 Å². The van der Waals surface area contributed by atoms with Crippen LogP contribution in [0.25, 0.3) is 0 Å². The second-order valence-electron chi connectivity index (χ2n) is 4.04. The van der Waals surface area contributed by atoms with Crippen LogP contribution < -0.4 is 0 Å². The fourth-order valence-corrected chi connectivity index (χ4v) is 0.297. The van der Waals surface area contributed by atoms with Crippen LogP contribution in [0.2, 0.25) is 0 Å². The van der Waals surface area contributed by atoms with Gasteiger partial charge in [0.15, 0.2) is 5.54 Å². The zero-order valence-corrected chi connectivity index (χ0v) is 7.84. The predicted octanol–water partition coefficient (Wildman–Crippen LogP) is 2.54. The maximum atomic E-state index is 8.59. The Morgan fingerprint density at radius 3 is 1.73 bits per heavy atom. The number of nitrogens with zero attached hydrogens (tertiary/aromatic N) is 3. The van der Waals surface area contributed by atoms with Crippen molar-refractivity contribution in [2.75, 3.05) is 0 Å². The number of hydrogen-bond acceptors (Lipinski definition) is 3. The Morgan fingerprint density at radius 2 is 1.45 bits per heavy atom. The molecule has 0 aromatic rings. The van der Waals surface area contributed by atoms with Gasteiger partial charge in [-0.15, -0.1) is 0 Å². The largest absolute Gasteiger partial charge is 0.196 e. The molecule has 0 fully saturated rings. The summed E-state index contributed by atoms with van der Waals surface area (Å²) in [5, 5.41) is 16.5. The lowest BCUT2D eigenvalue weighted by atomic mass is 10.1. The van der Waals surface area contributed by atoms with E-state index in [2.05, 4.69) is 16.3 Å². The molecule has 0 aliphatic rings. The highest BCUT2D eigenvalue weighted by Crippen LogP contribution is 2.13. The number of rotatable bonds is 1. The van der Waals surface area contributed by atoms with Crippen molar-refractivity contribution in [3.63, 3.8) is 0 Å². The summed E-state index contributed by atoms with van der Waals surface area (Å²) >= 11 is 0. The Hall–Kier alpha value is -0.910. The molecule has 0 amide bonds. The highest BCUT2D eigenvalue weighted by molar-refractivity contribution is 4.99. The number of hydrogen-bond donors (Lipinski definition) is 0. The van der Waals surface area contributed by atoms with Crippen molar-refractivity contribution in [3.8, 4) is 6.07 Å². The fraction of sp³-hybridized carbons (Fsp3) is 0.875. The summed E-state index contributed by atoms with van der Waals surface area (Å²) in [6, 6.07) is 2.05. The molecule has 0 N–H and O–H groups in total. The summed E-state index contributed by atoms with van der Waals surface area (Å²) in [5.41, 5.74) is -0.874. The lowest BCUT2D eigenvalue weighted by molar-refractivity contribution is 0.495. The van der Waals surface area contributed by atoms with Crippen LogP contribution in [0.15, 0.2) is 10.2 Å². The summed E-state index contributed by atoms with van der Waals surface area (Å²) in [7, 11) is 0. The molecule has 0 aliphatic carbocycles.